The van der Waals surface area contributed by atoms with Crippen molar-refractivity contribution in [2.45, 2.75) is 58.3 Å². The minimum Gasteiger partial charge on any atom is -0.494 e. The van der Waals surface area contributed by atoms with Crippen molar-refractivity contribution < 1.29 is 18.9 Å². The van der Waals surface area contributed by atoms with Crippen molar-refractivity contribution in [2.75, 3.05) is 6.61 Å². The fourth-order valence-electron chi connectivity index (χ4n) is 3.70. The number of nitro groups is 1. The fraction of sp³-hybridized carbons (Fsp3) is 0.357. The maximum absolute atomic E-state index is 12.3. The molecular formula is C28H33N3O5. The second-order valence-corrected chi connectivity index (χ2v) is 8.56. The maximum Gasteiger partial charge on any atom is 0.271 e. The van der Waals surface area contributed by atoms with E-state index >= 15 is 0 Å². The van der Waals surface area contributed by atoms with Crippen LogP contribution in [0.1, 0.15) is 74.4 Å². The van der Waals surface area contributed by atoms with E-state index in [1.165, 1.54) is 63.3 Å². The third kappa shape index (κ3) is 8.69. The largest absolute Gasteiger partial charge is 0.494 e. The van der Waals surface area contributed by atoms with E-state index in [9.17, 15) is 14.9 Å². The second kappa shape index (κ2) is 14.5. The lowest BCUT2D eigenvalue weighted by Gasteiger charge is -2.07. The maximum atomic E-state index is 12.3. The predicted octanol–water partition coefficient (Wildman–Crippen LogP) is 7.14. The van der Waals surface area contributed by atoms with Crippen LogP contribution in [0.5, 0.6) is 5.75 Å². The number of nitro benzene ring substituents is 1. The Morgan fingerprint density at radius 3 is 2.44 bits per heavy atom. The van der Waals surface area contributed by atoms with Gasteiger partial charge in [0.05, 0.1) is 17.7 Å². The number of furan rings is 1. The smallest absolute Gasteiger partial charge is 0.271 e. The van der Waals surface area contributed by atoms with Crippen LogP contribution < -0.4 is 10.2 Å². The highest BCUT2D eigenvalue weighted by Crippen LogP contribution is 2.25. The van der Waals surface area contributed by atoms with Crippen LogP contribution in [0.25, 0.3) is 11.3 Å². The number of unbranched alkanes of at least 4 members (excludes halogenated alkanes) is 7. The van der Waals surface area contributed by atoms with Gasteiger partial charge in [-0.05, 0) is 42.8 Å². The van der Waals surface area contributed by atoms with Gasteiger partial charge in [-0.2, -0.15) is 5.10 Å². The first kappa shape index (κ1) is 26.7. The molecule has 1 N–H and O–H groups in total. The molecule has 36 heavy (non-hydrogen) atoms. The van der Waals surface area contributed by atoms with E-state index < -0.39 is 4.92 Å². The van der Waals surface area contributed by atoms with Gasteiger partial charge in [0.15, 0.2) is 0 Å². The molecule has 3 rings (SSSR count). The molecule has 1 heterocycles. The van der Waals surface area contributed by atoms with Crippen LogP contribution in [-0.4, -0.2) is 23.7 Å². The fourth-order valence-corrected chi connectivity index (χ4v) is 3.70. The normalized spacial score (nSPS) is 11.0. The van der Waals surface area contributed by atoms with Gasteiger partial charge in [-0.3, -0.25) is 14.9 Å². The number of nitrogens with zero attached hydrogens (tertiary/aromatic N) is 2. The summed E-state index contributed by atoms with van der Waals surface area (Å²) in [5, 5.41) is 14.9. The number of carbonyl (C=O) groups is 1. The second-order valence-electron chi connectivity index (χ2n) is 8.56. The first-order chi connectivity index (χ1) is 17.6. The lowest BCUT2D eigenvalue weighted by molar-refractivity contribution is -0.384. The van der Waals surface area contributed by atoms with Crippen LogP contribution in [0.4, 0.5) is 5.69 Å². The molecule has 0 saturated carbocycles. The minimum atomic E-state index is -0.458. The highest BCUT2D eigenvalue weighted by molar-refractivity contribution is 5.94. The van der Waals surface area contributed by atoms with Crippen LogP contribution in [-0.2, 0) is 0 Å². The van der Waals surface area contributed by atoms with Crippen molar-refractivity contribution in [3.8, 4) is 17.1 Å². The number of non-ortho nitro benzene ring substituents is 1. The van der Waals surface area contributed by atoms with Gasteiger partial charge in [-0.1, -0.05) is 64.0 Å². The number of benzene rings is 2. The van der Waals surface area contributed by atoms with E-state index in [1.807, 2.05) is 0 Å². The van der Waals surface area contributed by atoms with E-state index in [-0.39, 0.29) is 11.6 Å². The summed E-state index contributed by atoms with van der Waals surface area (Å²) < 4.78 is 11.4. The summed E-state index contributed by atoms with van der Waals surface area (Å²) in [7, 11) is 0. The van der Waals surface area contributed by atoms with Crippen LogP contribution in [0.15, 0.2) is 70.2 Å². The number of ether oxygens (including phenoxy) is 1. The zero-order valence-corrected chi connectivity index (χ0v) is 20.7. The van der Waals surface area contributed by atoms with Gasteiger partial charge >= 0.3 is 0 Å². The zero-order valence-electron chi connectivity index (χ0n) is 20.7. The average molecular weight is 492 g/mol. The Kier molecular flexibility index (Phi) is 10.7. The lowest BCUT2D eigenvalue weighted by atomic mass is 10.1. The van der Waals surface area contributed by atoms with E-state index in [0.29, 0.717) is 29.3 Å². The average Bonchev–Trinajstić information content (AvgIpc) is 3.37. The molecule has 3 aromatic rings. The highest BCUT2D eigenvalue weighted by atomic mass is 16.6. The summed E-state index contributed by atoms with van der Waals surface area (Å²) in [5.41, 5.74) is 3.49. The van der Waals surface area contributed by atoms with Gasteiger partial charge < -0.3 is 9.15 Å². The van der Waals surface area contributed by atoms with Crippen molar-refractivity contribution in [1.82, 2.24) is 5.43 Å². The third-order valence-corrected chi connectivity index (χ3v) is 5.71. The summed E-state index contributed by atoms with van der Waals surface area (Å²) in [6.45, 7) is 2.90. The first-order valence-corrected chi connectivity index (χ1v) is 12.5. The molecule has 0 atom stereocenters. The molecule has 0 bridgehead atoms. The monoisotopic (exact) mass is 491 g/mol. The van der Waals surface area contributed by atoms with Crippen molar-refractivity contribution in [1.29, 1.82) is 0 Å². The molecule has 0 radical (unpaired) electrons. The molecule has 0 fully saturated rings. The Labute approximate surface area is 211 Å². The number of rotatable bonds is 15. The third-order valence-electron chi connectivity index (χ3n) is 5.71. The molecule has 0 aliphatic heterocycles. The summed E-state index contributed by atoms with van der Waals surface area (Å²) in [6.07, 6.45) is 11.4. The number of hydrogen-bond acceptors (Lipinski definition) is 6. The SMILES string of the molecule is CCCCCCCCCCOc1ccc(C(=O)N/N=C\c2ccc(-c3cccc([N+](=O)[O-])c3)o2)cc1. The molecule has 0 spiro atoms. The van der Waals surface area contributed by atoms with Gasteiger partial charge in [0.1, 0.15) is 17.3 Å². The van der Waals surface area contributed by atoms with Crippen LogP contribution >= 0.6 is 0 Å². The summed E-state index contributed by atoms with van der Waals surface area (Å²) in [5.74, 6) is 1.25. The van der Waals surface area contributed by atoms with Crippen LogP contribution in [0.3, 0.4) is 0 Å². The molecular weight excluding hydrogens is 458 g/mol. The van der Waals surface area contributed by atoms with Crippen LogP contribution in [0, 0.1) is 10.1 Å². The quantitative estimate of drug-likeness (QED) is 0.105. The van der Waals surface area contributed by atoms with Gasteiger partial charge in [0, 0.05) is 23.3 Å². The molecule has 0 aliphatic carbocycles. The van der Waals surface area contributed by atoms with Crippen molar-refractivity contribution in [3.05, 3.63) is 82.1 Å². The predicted molar refractivity (Wildman–Crippen MR) is 140 cm³/mol. The highest BCUT2D eigenvalue weighted by Gasteiger charge is 2.10. The van der Waals surface area contributed by atoms with E-state index in [0.717, 1.165) is 12.2 Å². The molecule has 8 heteroatoms. The Morgan fingerprint density at radius 1 is 1.00 bits per heavy atom. The molecule has 8 nitrogen and oxygen atoms in total. The van der Waals surface area contributed by atoms with E-state index in [2.05, 4.69) is 17.5 Å². The number of nitrogens with one attached hydrogen (secondary N) is 1. The molecule has 1 aromatic heterocycles. The molecule has 1 amide bonds. The summed E-state index contributed by atoms with van der Waals surface area (Å²) in [6, 6.07) is 16.5. The molecule has 190 valence electrons. The number of carbonyl (C=O) groups excluding carboxylic acids is 1. The molecule has 0 saturated heterocycles. The van der Waals surface area contributed by atoms with E-state index in [1.54, 1.807) is 48.5 Å². The van der Waals surface area contributed by atoms with Gasteiger partial charge in [0.2, 0.25) is 0 Å². The molecule has 2 aromatic carbocycles. The van der Waals surface area contributed by atoms with Crippen molar-refractivity contribution >= 4 is 17.8 Å². The number of hydrogen-bond donors (Lipinski definition) is 1. The zero-order chi connectivity index (χ0) is 25.6. The lowest BCUT2D eigenvalue weighted by Crippen LogP contribution is -2.17. The Hall–Kier alpha value is -3.94. The van der Waals surface area contributed by atoms with Gasteiger partial charge in [-0.15, -0.1) is 0 Å². The summed E-state index contributed by atoms with van der Waals surface area (Å²) >= 11 is 0. The molecule has 0 aliphatic rings. The topological polar surface area (TPSA) is 107 Å². The van der Waals surface area contributed by atoms with Crippen molar-refractivity contribution in [2.24, 2.45) is 5.10 Å². The van der Waals surface area contributed by atoms with Gasteiger partial charge in [0.25, 0.3) is 11.6 Å². The number of amides is 1. The van der Waals surface area contributed by atoms with E-state index in [4.69, 9.17) is 9.15 Å². The number of hydrazone groups is 1. The van der Waals surface area contributed by atoms with Crippen LogP contribution in [0.2, 0.25) is 0 Å². The summed E-state index contributed by atoms with van der Waals surface area (Å²) in [4.78, 5) is 22.8. The molecule has 0 unspecified atom stereocenters. The Balaban J connectivity index is 1.39. The minimum absolute atomic E-state index is 0.0176. The standard InChI is InChI=1S/C28H33N3O5/c1-2-3-4-5-6-7-8-9-19-35-25-15-13-22(14-16-25)28(32)30-29-21-26-17-18-27(36-26)23-11-10-12-24(20-23)31(33)34/h10-18,20-21H,2-9,19H2,1H3,(H,30,32)/b29-21-. The first-order valence-electron chi connectivity index (χ1n) is 12.5. The Bertz CT molecular complexity index is 1140. The Morgan fingerprint density at radius 2 is 1.72 bits per heavy atom. The van der Waals surface area contributed by atoms with Crippen molar-refractivity contribution in [3.63, 3.8) is 0 Å². The van der Waals surface area contributed by atoms with Gasteiger partial charge in [-0.25, -0.2) is 5.43 Å².